The van der Waals surface area contributed by atoms with Gasteiger partial charge in [0.15, 0.2) is 0 Å². The van der Waals surface area contributed by atoms with Crippen LogP contribution in [-0.4, -0.2) is 23.6 Å². The highest BCUT2D eigenvalue weighted by Crippen LogP contribution is 2.24. The maximum absolute atomic E-state index is 5.21. The van der Waals surface area contributed by atoms with Gasteiger partial charge in [-0.25, -0.2) is 9.97 Å². The Bertz CT molecular complexity index is 572. The summed E-state index contributed by atoms with van der Waals surface area (Å²) in [6, 6.07) is 8.04. The molecule has 0 saturated carbocycles. The summed E-state index contributed by atoms with van der Waals surface area (Å²) in [5.74, 6) is 1.66. The molecule has 0 radical (unpaired) electrons. The van der Waals surface area contributed by atoms with Crippen LogP contribution < -0.4 is 10.6 Å². The Morgan fingerprint density at radius 1 is 1.15 bits per heavy atom. The molecule has 1 aromatic heterocycles. The molecule has 5 nitrogen and oxygen atoms in total. The molecule has 0 unspecified atom stereocenters. The van der Waals surface area contributed by atoms with Crippen LogP contribution in [0.1, 0.15) is 18.1 Å². The van der Waals surface area contributed by atoms with Crippen LogP contribution in [0.5, 0.6) is 0 Å². The molecule has 0 fully saturated rings. The van der Waals surface area contributed by atoms with E-state index in [9.17, 15) is 0 Å². The summed E-state index contributed by atoms with van der Waals surface area (Å²) in [6.07, 6.45) is 1.56. The van der Waals surface area contributed by atoms with E-state index in [1.807, 2.05) is 38.1 Å². The maximum atomic E-state index is 5.21. The second kappa shape index (κ2) is 6.86. The average Bonchev–Trinajstić information content (AvgIpc) is 2.46. The number of rotatable bonds is 6. The Labute approximate surface area is 119 Å². The predicted molar refractivity (Wildman–Crippen MR) is 81.4 cm³/mol. The van der Waals surface area contributed by atoms with E-state index in [2.05, 4.69) is 20.6 Å². The zero-order valence-corrected chi connectivity index (χ0v) is 12.1. The smallest absolute Gasteiger partial charge is 0.138 e. The molecule has 2 aromatic rings. The van der Waals surface area contributed by atoms with Crippen LogP contribution in [0.25, 0.3) is 0 Å². The van der Waals surface area contributed by atoms with Gasteiger partial charge in [0.2, 0.25) is 0 Å². The van der Waals surface area contributed by atoms with Gasteiger partial charge in [0.25, 0.3) is 0 Å². The molecule has 0 aliphatic carbocycles. The lowest BCUT2D eigenvalue weighted by atomic mass is 10.2. The van der Waals surface area contributed by atoms with Gasteiger partial charge in [-0.05, 0) is 19.9 Å². The highest BCUT2D eigenvalue weighted by molar-refractivity contribution is 5.66. The molecule has 0 saturated heterocycles. The number of hydrogen-bond acceptors (Lipinski definition) is 5. The van der Waals surface area contributed by atoms with E-state index >= 15 is 0 Å². The lowest BCUT2D eigenvalue weighted by Gasteiger charge is -2.14. The van der Waals surface area contributed by atoms with Gasteiger partial charge in [-0.15, -0.1) is 0 Å². The summed E-state index contributed by atoms with van der Waals surface area (Å²) in [4.78, 5) is 8.56. The van der Waals surface area contributed by atoms with Gasteiger partial charge in [0.1, 0.15) is 18.0 Å². The number of aromatic nitrogens is 2. The van der Waals surface area contributed by atoms with Gasteiger partial charge >= 0.3 is 0 Å². The van der Waals surface area contributed by atoms with Crippen molar-refractivity contribution in [3.8, 4) is 0 Å². The van der Waals surface area contributed by atoms with Crippen LogP contribution in [0, 0.1) is 6.92 Å². The van der Waals surface area contributed by atoms with Crippen LogP contribution in [0.2, 0.25) is 0 Å². The molecule has 106 valence electrons. The minimum atomic E-state index is 0.563. The van der Waals surface area contributed by atoms with Crippen molar-refractivity contribution in [1.29, 1.82) is 0 Å². The largest absolute Gasteiger partial charge is 0.380 e. The minimum absolute atomic E-state index is 0.563. The number of nitrogens with zero attached hydrogens (tertiary/aromatic N) is 2. The summed E-state index contributed by atoms with van der Waals surface area (Å²) >= 11 is 0. The van der Waals surface area contributed by atoms with E-state index in [-0.39, 0.29) is 0 Å². The van der Waals surface area contributed by atoms with Gasteiger partial charge in [-0.3, -0.25) is 0 Å². The molecule has 1 aromatic carbocycles. The molecule has 0 bridgehead atoms. The summed E-state index contributed by atoms with van der Waals surface area (Å²) in [5.41, 5.74) is 3.10. The molecule has 2 rings (SSSR count). The highest BCUT2D eigenvalue weighted by atomic mass is 16.5. The quantitative estimate of drug-likeness (QED) is 0.846. The van der Waals surface area contributed by atoms with Crippen LogP contribution in [0.15, 0.2) is 30.6 Å². The number of ether oxygens (including phenoxy) is 1. The topological polar surface area (TPSA) is 59.1 Å². The Hall–Kier alpha value is -2.14. The van der Waals surface area contributed by atoms with Crippen LogP contribution in [0.3, 0.4) is 0 Å². The van der Waals surface area contributed by atoms with Crippen molar-refractivity contribution in [3.05, 3.63) is 41.7 Å². The van der Waals surface area contributed by atoms with E-state index in [0.29, 0.717) is 6.61 Å². The predicted octanol–water partition coefficient (Wildman–Crippen LogP) is 3.11. The molecular weight excluding hydrogens is 252 g/mol. The third-order valence-electron chi connectivity index (χ3n) is 3.00. The second-order valence-corrected chi connectivity index (χ2v) is 4.44. The number of hydrogen-bond donors (Lipinski definition) is 2. The van der Waals surface area contributed by atoms with E-state index < -0.39 is 0 Å². The van der Waals surface area contributed by atoms with Gasteiger partial charge in [0.05, 0.1) is 6.61 Å². The van der Waals surface area contributed by atoms with Crippen molar-refractivity contribution >= 4 is 17.3 Å². The minimum Gasteiger partial charge on any atom is -0.380 e. The lowest BCUT2D eigenvalue weighted by molar-refractivity contribution is 0.185. The monoisotopic (exact) mass is 272 g/mol. The van der Waals surface area contributed by atoms with Crippen molar-refractivity contribution in [3.63, 3.8) is 0 Å². The van der Waals surface area contributed by atoms with Gasteiger partial charge < -0.3 is 15.4 Å². The summed E-state index contributed by atoms with van der Waals surface area (Å²) in [5, 5.41) is 6.58. The number of benzene rings is 1. The number of methoxy groups -OCH3 is 1. The SMILES string of the molecule is CCNc1ncnc(Nc2ccccc2COC)c1C. The maximum Gasteiger partial charge on any atom is 0.138 e. The fourth-order valence-corrected chi connectivity index (χ4v) is 1.97. The van der Waals surface area contributed by atoms with Crippen molar-refractivity contribution in [2.24, 2.45) is 0 Å². The molecular formula is C15H20N4O. The van der Waals surface area contributed by atoms with E-state index in [1.54, 1.807) is 13.4 Å². The van der Waals surface area contributed by atoms with E-state index in [0.717, 1.165) is 35.0 Å². The molecule has 1 heterocycles. The fourth-order valence-electron chi connectivity index (χ4n) is 1.97. The second-order valence-electron chi connectivity index (χ2n) is 4.44. The highest BCUT2D eigenvalue weighted by Gasteiger charge is 2.08. The molecule has 0 spiro atoms. The first-order chi connectivity index (χ1) is 9.76. The van der Waals surface area contributed by atoms with Crippen LogP contribution in [0.4, 0.5) is 17.3 Å². The summed E-state index contributed by atoms with van der Waals surface area (Å²) in [7, 11) is 1.69. The Balaban J connectivity index is 2.28. The van der Waals surface area contributed by atoms with Crippen LogP contribution in [-0.2, 0) is 11.3 Å². The van der Waals surface area contributed by atoms with Crippen molar-refractivity contribution in [1.82, 2.24) is 9.97 Å². The molecule has 0 amide bonds. The third kappa shape index (κ3) is 3.24. The molecule has 0 aliphatic rings. The number of para-hydroxylation sites is 1. The van der Waals surface area contributed by atoms with Crippen molar-refractivity contribution in [2.45, 2.75) is 20.5 Å². The van der Waals surface area contributed by atoms with Gasteiger partial charge in [-0.2, -0.15) is 0 Å². The normalized spacial score (nSPS) is 10.3. The molecule has 0 atom stereocenters. The Morgan fingerprint density at radius 2 is 1.90 bits per heavy atom. The van der Waals surface area contributed by atoms with Gasteiger partial charge in [-0.1, -0.05) is 18.2 Å². The Morgan fingerprint density at radius 3 is 2.65 bits per heavy atom. The van der Waals surface area contributed by atoms with Crippen molar-refractivity contribution < 1.29 is 4.74 Å². The number of anilines is 3. The first kappa shape index (κ1) is 14.3. The zero-order chi connectivity index (χ0) is 14.4. The van der Waals surface area contributed by atoms with E-state index in [4.69, 9.17) is 4.74 Å². The zero-order valence-electron chi connectivity index (χ0n) is 12.1. The first-order valence-electron chi connectivity index (χ1n) is 6.65. The molecule has 20 heavy (non-hydrogen) atoms. The number of nitrogens with one attached hydrogen (secondary N) is 2. The standard InChI is InChI=1S/C15H20N4O/c1-4-16-14-11(2)15(18-10-17-14)19-13-8-6-5-7-12(13)9-20-3/h5-8,10H,4,9H2,1-3H3,(H2,16,17,18,19). The fraction of sp³-hybridized carbons (Fsp3) is 0.333. The van der Waals surface area contributed by atoms with Gasteiger partial charge in [0, 0.05) is 30.5 Å². The molecule has 5 heteroatoms. The van der Waals surface area contributed by atoms with E-state index in [1.165, 1.54) is 0 Å². The Kier molecular flexibility index (Phi) is 4.90. The average molecular weight is 272 g/mol. The third-order valence-corrected chi connectivity index (χ3v) is 3.00. The summed E-state index contributed by atoms with van der Waals surface area (Å²) in [6.45, 7) is 5.44. The van der Waals surface area contributed by atoms with Crippen LogP contribution >= 0.6 is 0 Å². The first-order valence-corrected chi connectivity index (χ1v) is 6.65. The molecule has 0 aliphatic heterocycles. The summed E-state index contributed by atoms with van der Waals surface area (Å²) < 4.78 is 5.21. The van der Waals surface area contributed by atoms with Crippen molar-refractivity contribution in [2.75, 3.05) is 24.3 Å². The lowest BCUT2D eigenvalue weighted by Crippen LogP contribution is -2.06. The molecule has 2 N–H and O–H groups in total.